The minimum Gasteiger partial charge on any atom is -0.494 e. The molecule has 0 spiro atoms. The largest absolute Gasteiger partial charge is 0.494 e. The number of rotatable bonds is 30. The Morgan fingerprint density at radius 2 is 0.357 bits per heavy atom. The van der Waals surface area contributed by atoms with E-state index in [4.69, 9.17) is 169 Å². The second-order valence-electron chi connectivity index (χ2n) is 23.5. The zero-order valence-corrected chi connectivity index (χ0v) is 70.8. The normalized spacial score (nSPS) is 9.83. The van der Waals surface area contributed by atoms with Crippen molar-refractivity contribution in [3.8, 4) is 57.5 Å². The monoisotopic (exact) mass is 1780 g/mol. The second kappa shape index (κ2) is 56.9. The summed E-state index contributed by atoms with van der Waals surface area (Å²) in [5.74, 6) is 3.28. The number of halogens is 10. The van der Waals surface area contributed by atoms with Gasteiger partial charge in [-0.05, 0) is 214 Å². The van der Waals surface area contributed by atoms with Gasteiger partial charge < -0.3 is 47.4 Å². The van der Waals surface area contributed by atoms with Crippen molar-refractivity contribution in [3.05, 3.63) is 265 Å². The van der Waals surface area contributed by atoms with Crippen LogP contribution >= 0.6 is 121 Å². The number of carbonyl (C=O) groups is 5. The fourth-order valence-corrected chi connectivity index (χ4v) is 10.2. The maximum absolute atomic E-state index is 12.0. The number of hydrogen-bond donors (Lipinski definition) is 0. The molecule has 615 valence electrons. The Morgan fingerprint density at radius 1 is 0.226 bits per heavy atom. The van der Waals surface area contributed by atoms with Crippen molar-refractivity contribution in [2.75, 3.05) is 33.0 Å². The van der Waals surface area contributed by atoms with E-state index in [1.54, 1.807) is 182 Å². The number of esters is 5. The SMILES string of the molecule is CCCCOc1ccc(C(=O)Oc2ccc([S])c(Cl)c2)cc1.CCCCOc1ccc(C(=O)Oc2ccc([S])c(Cl)c2)cc1.CCCCOc1ccc(C(=O)Oc2ccc([S])c(Cl)c2)cc1.CCCCOc1ccc(C(=O)Oc2ccc([S])c(Cl)c2)cc1.CCCCOc1ccc(C(=O)Oc2ccc([S])c(Cl)c2)cc1.F.F.F.F.F. The number of carbonyl (C=O) groups excluding carboxylic acids is 5. The molecule has 10 aromatic carbocycles. The van der Waals surface area contributed by atoms with Gasteiger partial charge in [0.2, 0.25) is 0 Å². The quantitative estimate of drug-likeness (QED) is 0.0180. The van der Waals surface area contributed by atoms with Crippen LogP contribution in [0.15, 0.2) is 237 Å². The molecule has 0 amide bonds. The van der Waals surface area contributed by atoms with Crippen molar-refractivity contribution in [1.82, 2.24) is 0 Å². The molecule has 115 heavy (non-hydrogen) atoms. The number of unbranched alkanes of at least 4 members (excludes halogenated alkanes) is 5. The highest BCUT2D eigenvalue weighted by Crippen LogP contribution is 2.32. The molecule has 0 saturated heterocycles. The van der Waals surface area contributed by atoms with Crippen LogP contribution in [0.1, 0.15) is 151 Å². The molecule has 10 aromatic rings. The smallest absolute Gasteiger partial charge is 0.343 e. The van der Waals surface area contributed by atoms with Gasteiger partial charge in [-0.25, -0.2) is 24.0 Å². The summed E-state index contributed by atoms with van der Waals surface area (Å²) in [7, 11) is 0. The van der Waals surface area contributed by atoms with Gasteiger partial charge in [-0.1, -0.05) is 188 Å². The van der Waals surface area contributed by atoms with E-state index in [0.717, 1.165) is 93.0 Å². The first-order valence-corrected chi connectivity index (χ1v) is 39.0. The number of benzene rings is 10. The van der Waals surface area contributed by atoms with Gasteiger partial charge in [-0.3, -0.25) is 23.5 Å². The van der Waals surface area contributed by atoms with E-state index in [0.29, 0.717) is 139 Å². The van der Waals surface area contributed by atoms with Gasteiger partial charge in [0.15, 0.2) is 0 Å². The van der Waals surface area contributed by atoms with Crippen molar-refractivity contribution in [2.45, 2.75) is 123 Å². The van der Waals surface area contributed by atoms with Crippen molar-refractivity contribution < 1.29 is 94.9 Å². The molecule has 0 fully saturated rings. The first kappa shape index (κ1) is 104. The van der Waals surface area contributed by atoms with Crippen LogP contribution < -0.4 is 47.4 Å². The summed E-state index contributed by atoms with van der Waals surface area (Å²) in [5, 5.41) is 1.94. The lowest BCUT2D eigenvalue weighted by atomic mass is 10.2. The van der Waals surface area contributed by atoms with Crippen LogP contribution in [0.4, 0.5) is 23.5 Å². The first-order chi connectivity index (χ1) is 53.0. The molecule has 30 heteroatoms. The second-order valence-corrected chi connectivity index (χ2v) is 27.8. The van der Waals surface area contributed by atoms with Gasteiger partial charge in [0.1, 0.15) is 57.5 Å². The van der Waals surface area contributed by atoms with Crippen LogP contribution in [-0.2, 0) is 0 Å². The zero-order valence-electron chi connectivity index (χ0n) is 62.9. The standard InChI is InChI=1S/5C17H16ClO3S.5FH/c5*1-2-3-10-20-13-6-4-12(5-7-13)17(19)21-14-8-9-16(22)15(18)11-14;;;;;/h5*4-9,11H,2-3,10H2,1H3;5*1H. The molecule has 0 unspecified atom stereocenters. The summed E-state index contributed by atoms with van der Waals surface area (Å²) in [4.78, 5) is 62.9. The van der Waals surface area contributed by atoms with Gasteiger partial charge in [0.25, 0.3) is 0 Å². The third-order valence-corrected chi connectivity index (χ3v) is 18.8. The third-order valence-electron chi connectivity index (χ3n) is 14.9. The maximum atomic E-state index is 12.0. The van der Waals surface area contributed by atoms with Gasteiger partial charge >= 0.3 is 29.8 Å². The fourth-order valence-electron chi connectivity index (χ4n) is 8.66. The molecule has 0 aliphatic carbocycles. The van der Waals surface area contributed by atoms with Crippen LogP contribution in [0, 0.1) is 0 Å². The molecule has 0 N–H and O–H groups in total. The lowest BCUT2D eigenvalue weighted by molar-refractivity contribution is 0.0725. The molecule has 0 aliphatic rings. The van der Waals surface area contributed by atoms with E-state index >= 15 is 0 Å². The Hall–Kier alpha value is -9.25. The van der Waals surface area contributed by atoms with E-state index in [-0.39, 0.29) is 23.5 Å². The Kier molecular flexibility index (Phi) is 51.4. The minimum absolute atomic E-state index is 0. The zero-order chi connectivity index (χ0) is 79.7. The average Bonchev–Trinajstić information content (AvgIpc) is 0.865. The Bertz CT molecular complexity index is 3900. The predicted molar refractivity (Wildman–Crippen MR) is 458 cm³/mol. The summed E-state index contributed by atoms with van der Waals surface area (Å²) >= 11 is 54.5. The van der Waals surface area contributed by atoms with Gasteiger partial charge in [-0.15, -0.1) is 0 Å². The average molecular weight is 1780 g/mol. The highest BCUT2D eigenvalue weighted by molar-refractivity contribution is 7.81. The summed E-state index contributed by atoms with van der Waals surface area (Å²) in [6.07, 6.45) is 10.4. The van der Waals surface area contributed by atoms with Crippen molar-refractivity contribution in [3.63, 3.8) is 0 Å². The Balaban J connectivity index is 0.000000711. The summed E-state index contributed by atoms with van der Waals surface area (Å²) in [6, 6.07) is 58.2. The van der Waals surface area contributed by atoms with E-state index in [1.165, 1.54) is 30.3 Å². The highest BCUT2D eigenvalue weighted by Gasteiger charge is 2.16. The maximum Gasteiger partial charge on any atom is 0.343 e. The third kappa shape index (κ3) is 37.9. The van der Waals surface area contributed by atoms with E-state index in [1.807, 2.05) is 0 Å². The van der Waals surface area contributed by atoms with E-state index in [2.05, 4.69) is 34.6 Å². The molecule has 0 aromatic heterocycles. The Labute approximate surface area is 719 Å². The number of ether oxygens (including phenoxy) is 10. The van der Waals surface area contributed by atoms with Crippen LogP contribution in [0.25, 0.3) is 0 Å². The number of hydrogen-bond acceptors (Lipinski definition) is 15. The van der Waals surface area contributed by atoms with E-state index in [9.17, 15) is 24.0 Å². The van der Waals surface area contributed by atoms with Gasteiger partial charge in [0, 0.05) is 30.3 Å². The minimum atomic E-state index is -0.451. The van der Waals surface area contributed by atoms with Crippen LogP contribution in [0.3, 0.4) is 0 Å². The van der Waals surface area contributed by atoms with Crippen LogP contribution in [0.2, 0.25) is 25.1 Å². The molecule has 5 radical (unpaired) electrons. The molecule has 0 aliphatic heterocycles. The fraction of sp³-hybridized carbons (Fsp3) is 0.235. The summed E-state index contributed by atoms with van der Waals surface area (Å²) in [5.41, 5.74) is 2.23. The van der Waals surface area contributed by atoms with Crippen LogP contribution in [-0.4, -0.2) is 62.9 Å². The van der Waals surface area contributed by atoms with Crippen molar-refractivity contribution in [2.24, 2.45) is 0 Å². The van der Waals surface area contributed by atoms with Crippen molar-refractivity contribution >= 4 is 151 Å². The molecule has 0 bridgehead atoms. The Morgan fingerprint density at radius 3 is 0.478 bits per heavy atom. The van der Waals surface area contributed by atoms with Gasteiger partial charge in [-0.2, -0.15) is 0 Å². The topological polar surface area (TPSA) is 178 Å². The van der Waals surface area contributed by atoms with Crippen LogP contribution in [0.5, 0.6) is 57.5 Å². The predicted octanol–water partition coefficient (Wildman–Crippen LogP) is 27.2. The van der Waals surface area contributed by atoms with Crippen molar-refractivity contribution in [1.29, 1.82) is 0 Å². The lowest BCUT2D eigenvalue weighted by Crippen LogP contribution is -2.08. The molecule has 0 heterocycles. The van der Waals surface area contributed by atoms with Gasteiger partial charge in [0.05, 0.1) is 110 Å². The molecule has 10 rings (SSSR count). The highest BCUT2D eigenvalue weighted by atomic mass is 35.5. The molecule has 0 atom stereocenters. The molecular formula is C85H85Cl5F5O15S5. The molecule has 15 nitrogen and oxygen atoms in total. The first-order valence-electron chi connectivity index (χ1n) is 35.1. The summed E-state index contributed by atoms with van der Waals surface area (Å²) in [6.45, 7) is 13.9. The molecular weight excluding hydrogens is 1690 g/mol. The summed E-state index contributed by atoms with van der Waals surface area (Å²) < 4.78 is 54.1. The lowest BCUT2D eigenvalue weighted by Gasteiger charge is -2.07. The van der Waals surface area contributed by atoms with E-state index < -0.39 is 29.8 Å². The molecule has 0 saturated carbocycles.